The van der Waals surface area contributed by atoms with Crippen LogP contribution in [-0.4, -0.2) is 44.0 Å². The van der Waals surface area contributed by atoms with Gasteiger partial charge >= 0.3 is 0 Å². The van der Waals surface area contributed by atoms with E-state index in [1.54, 1.807) is 18.2 Å². The maximum Gasteiger partial charge on any atom is 0.238 e. The Balaban J connectivity index is 2.48. The number of rotatable bonds is 7. The first-order valence-corrected chi connectivity index (χ1v) is 6.82. The van der Waals surface area contributed by atoms with Crippen LogP contribution in [0.5, 0.6) is 0 Å². The highest BCUT2D eigenvalue weighted by Gasteiger charge is 2.15. The second-order valence-electron chi connectivity index (χ2n) is 5.52. The first kappa shape index (κ1) is 16.6. The number of para-hydroxylation sites is 1. The van der Waals surface area contributed by atoms with E-state index in [4.69, 9.17) is 0 Å². The fourth-order valence-corrected chi connectivity index (χ4v) is 1.89. The number of hydrogen-bond donors (Lipinski definition) is 2. The summed E-state index contributed by atoms with van der Waals surface area (Å²) in [5, 5.41) is 5.78. The monoisotopic (exact) mass is 281 g/mol. The minimum atomic E-state index is -0.422. The van der Waals surface area contributed by atoms with Gasteiger partial charge in [0.15, 0.2) is 0 Å². The summed E-state index contributed by atoms with van der Waals surface area (Å²) in [6.07, 6.45) is 0. The van der Waals surface area contributed by atoms with E-state index in [-0.39, 0.29) is 24.2 Å². The van der Waals surface area contributed by atoms with E-state index in [2.05, 4.69) is 29.4 Å². The molecule has 5 heteroatoms. The zero-order valence-corrected chi connectivity index (χ0v) is 12.6. The quantitative estimate of drug-likeness (QED) is 0.803. The molecule has 1 amide bonds. The van der Waals surface area contributed by atoms with Crippen molar-refractivity contribution >= 4 is 11.6 Å². The van der Waals surface area contributed by atoms with Crippen molar-refractivity contribution < 1.29 is 9.18 Å². The fourth-order valence-electron chi connectivity index (χ4n) is 1.89. The van der Waals surface area contributed by atoms with Gasteiger partial charge in [0.25, 0.3) is 0 Å². The Morgan fingerprint density at radius 3 is 2.50 bits per heavy atom. The molecule has 1 aromatic rings. The van der Waals surface area contributed by atoms with Crippen LogP contribution in [0.4, 0.5) is 10.1 Å². The minimum Gasteiger partial charge on any atom is -0.322 e. The molecule has 0 spiro atoms. The van der Waals surface area contributed by atoms with Gasteiger partial charge in [0.2, 0.25) is 5.91 Å². The SMILES string of the molecule is CC(C)C(CN(C)C)NCC(=O)Nc1ccccc1F. The van der Waals surface area contributed by atoms with E-state index < -0.39 is 5.82 Å². The van der Waals surface area contributed by atoms with Crippen molar-refractivity contribution in [1.82, 2.24) is 10.2 Å². The predicted octanol–water partition coefficient (Wildman–Crippen LogP) is 1.94. The van der Waals surface area contributed by atoms with Gasteiger partial charge < -0.3 is 15.5 Å². The summed E-state index contributed by atoms with van der Waals surface area (Å²) in [4.78, 5) is 13.9. The fraction of sp³-hybridized carbons (Fsp3) is 0.533. The van der Waals surface area contributed by atoms with Crippen molar-refractivity contribution in [2.45, 2.75) is 19.9 Å². The van der Waals surface area contributed by atoms with Crippen LogP contribution in [0.15, 0.2) is 24.3 Å². The molecule has 0 aromatic heterocycles. The Morgan fingerprint density at radius 1 is 1.30 bits per heavy atom. The molecule has 0 bridgehead atoms. The topological polar surface area (TPSA) is 44.4 Å². The highest BCUT2D eigenvalue weighted by Crippen LogP contribution is 2.11. The van der Waals surface area contributed by atoms with Crippen molar-refractivity contribution in [3.8, 4) is 0 Å². The molecule has 2 N–H and O–H groups in total. The number of likely N-dealkylation sites (N-methyl/N-ethyl adjacent to an activating group) is 1. The Kier molecular flexibility index (Phi) is 6.61. The third kappa shape index (κ3) is 5.67. The van der Waals surface area contributed by atoms with Crippen LogP contribution >= 0.6 is 0 Å². The molecule has 0 fully saturated rings. The van der Waals surface area contributed by atoms with E-state index in [0.29, 0.717) is 5.92 Å². The van der Waals surface area contributed by atoms with Crippen LogP contribution < -0.4 is 10.6 Å². The molecule has 1 aromatic carbocycles. The van der Waals surface area contributed by atoms with E-state index in [1.165, 1.54) is 6.07 Å². The van der Waals surface area contributed by atoms with E-state index in [9.17, 15) is 9.18 Å². The van der Waals surface area contributed by atoms with Crippen molar-refractivity contribution in [3.63, 3.8) is 0 Å². The molecule has 1 atom stereocenters. The summed E-state index contributed by atoms with van der Waals surface area (Å²) in [5.74, 6) is -0.243. The van der Waals surface area contributed by atoms with Gasteiger partial charge in [-0.3, -0.25) is 4.79 Å². The lowest BCUT2D eigenvalue weighted by Gasteiger charge is -2.25. The zero-order valence-electron chi connectivity index (χ0n) is 12.6. The van der Waals surface area contributed by atoms with E-state index >= 15 is 0 Å². The highest BCUT2D eigenvalue weighted by atomic mass is 19.1. The molecule has 0 aliphatic carbocycles. The number of carbonyl (C=O) groups is 1. The maximum absolute atomic E-state index is 13.4. The van der Waals surface area contributed by atoms with E-state index in [0.717, 1.165) is 6.54 Å². The van der Waals surface area contributed by atoms with Gasteiger partial charge in [0, 0.05) is 12.6 Å². The number of hydrogen-bond acceptors (Lipinski definition) is 3. The van der Waals surface area contributed by atoms with Crippen LogP contribution in [0.25, 0.3) is 0 Å². The average molecular weight is 281 g/mol. The second-order valence-corrected chi connectivity index (χ2v) is 5.52. The summed E-state index contributed by atoms with van der Waals surface area (Å²) < 4.78 is 13.4. The van der Waals surface area contributed by atoms with Crippen molar-refractivity contribution in [3.05, 3.63) is 30.1 Å². The minimum absolute atomic E-state index is 0.172. The van der Waals surface area contributed by atoms with Crippen LogP contribution in [0.1, 0.15) is 13.8 Å². The largest absolute Gasteiger partial charge is 0.322 e. The van der Waals surface area contributed by atoms with Crippen LogP contribution in [0.3, 0.4) is 0 Å². The van der Waals surface area contributed by atoms with Crippen LogP contribution in [-0.2, 0) is 4.79 Å². The maximum atomic E-state index is 13.4. The van der Waals surface area contributed by atoms with Gasteiger partial charge in [-0.15, -0.1) is 0 Å². The van der Waals surface area contributed by atoms with Crippen molar-refractivity contribution in [2.24, 2.45) is 5.92 Å². The Bertz CT molecular complexity index is 435. The smallest absolute Gasteiger partial charge is 0.238 e. The lowest BCUT2D eigenvalue weighted by molar-refractivity contribution is -0.115. The molecule has 0 saturated heterocycles. The molecule has 1 unspecified atom stereocenters. The van der Waals surface area contributed by atoms with Crippen LogP contribution in [0, 0.1) is 11.7 Å². The lowest BCUT2D eigenvalue weighted by Crippen LogP contribution is -2.45. The number of halogens is 1. The summed E-state index contributed by atoms with van der Waals surface area (Å²) in [6, 6.07) is 6.37. The number of benzene rings is 1. The Hall–Kier alpha value is -1.46. The first-order valence-electron chi connectivity index (χ1n) is 6.82. The molecule has 112 valence electrons. The first-order chi connectivity index (χ1) is 9.40. The van der Waals surface area contributed by atoms with Gasteiger partial charge in [0.1, 0.15) is 5.82 Å². The normalized spacial score (nSPS) is 12.8. The third-order valence-electron chi connectivity index (χ3n) is 3.04. The molecular weight excluding hydrogens is 257 g/mol. The Morgan fingerprint density at radius 2 is 1.95 bits per heavy atom. The van der Waals surface area contributed by atoms with Crippen molar-refractivity contribution in [1.29, 1.82) is 0 Å². The average Bonchev–Trinajstić information content (AvgIpc) is 2.36. The number of anilines is 1. The summed E-state index contributed by atoms with van der Waals surface area (Å²) in [7, 11) is 3.99. The Labute approximate surface area is 120 Å². The molecule has 1 rings (SSSR count). The summed E-state index contributed by atoms with van der Waals surface area (Å²) >= 11 is 0. The summed E-state index contributed by atoms with van der Waals surface area (Å²) in [5.41, 5.74) is 0.216. The van der Waals surface area contributed by atoms with Gasteiger partial charge in [0.05, 0.1) is 12.2 Å². The third-order valence-corrected chi connectivity index (χ3v) is 3.04. The number of nitrogens with zero attached hydrogens (tertiary/aromatic N) is 1. The molecule has 0 saturated carbocycles. The van der Waals surface area contributed by atoms with Crippen LogP contribution in [0.2, 0.25) is 0 Å². The molecule has 0 aliphatic rings. The molecule has 0 radical (unpaired) electrons. The second kappa shape index (κ2) is 7.97. The predicted molar refractivity (Wildman–Crippen MR) is 80.2 cm³/mol. The molecule has 4 nitrogen and oxygen atoms in total. The standard InChI is InChI=1S/C15H24FN3O/c1-11(2)14(10-19(3)4)17-9-15(20)18-13-8-6-5-7-12(13)16/h5-8,11,14,17H,9-10H2,1-4H3,(H,18,20). The zero-order chi connectivity index (χ0) is 15.1. The molecular formula is C15H24FN3O. The van der Waals surface area contributed by atoms with Gasteiger partial charge in [-0.1, -0.05) is 26.0 Å². The number of carbonyl (C=O) groups excluding carboxylic acids is 1. The molecule has 0 aliphatic heterocycles. The van der Waals surface area contributed by atoms with Gasteiger partial charge in [-0.05, 0) is 32.1 Å². The van der Waals surface area contributed by atoms with E-state index in [1.807, 2.05) is 14.1 Å². The van der Waals surface area contributed by atoms with Gasteiger partial charge in [-0.25, -0.2) is 4.39 Å². The molecule has 0 heterocycles. The highest BCUT2D eigenvalue weighted by molar-refractivity contribution is 5.92. The lowest BCUT2D eigenvalue weighted by atomic mass is 10.0. The van der Waals surface area contributed by atoms with Gasteiger partial charge in [-0.2, -0.15) is 0 Å². The number of nitrogens with one attached hydrogen (secondary N) is 2. The van der Waals surface area contributed by atoms with Crippen molar-refractivity contribution in [2.75, 3.05) is 32.5 Å². The summed E-state index contributed by atoms with van der Waals surface area (Å²) in [6.45, 7) is 5.24. The molecule has 20 heavy (non-hydrogen) atoms. The number of amides is 1.